The Morgan fingerprint density at radius 2 is 0.829 bits per heavy atom. The van der Waals surface area contributed by atoms with Crippen LogP contribution in [0.5, 0.6) is 0 Å². The number of rotatable bonds is 31. The van der Waals surface area contributed by atoms with Crippen molar-refractivity contribution in [3.63, 3.8) is 0 Å². The SMILES string of the molecule is CCCCCCCCCC[N+](C)(CCCCCCCCCC)CCC[Si](OCC1CO1)(OCC1CO1)OCC1CO1. The van der Waals surface area contributed by atoms with Gasteiger partial charge in [-0.3, -0.25) is 0 Å². The molecule has 0 aliphatic carbocycles. The second-order valence-electron chi connectivity index (χ2n) is 13.3. The Hall–Kier alpha value is -0.0631. The molecule has 0 bridgehead atoms. The molecule has 3 aliphatic heterocycles. The third-order valence-electron chi connectivity index (χ3n) is 8.96. The van der Waals surface area contributed by atoms with Gasteiger partial charge in [-0.25, -0.2) is 0 Å². The molecular formula is C33H66NO6Si+. The normalized spacial score (nSPS) is 23.0. The summed E-state index contributed by atoms with van der Waals surface area (Å²) < 4.78 is 37.0. The highest BCUT2D eigenvalue weighted by Crippen LogP contribution is 2.26. The number of quaternary nitrogens is 1. The Labute approximate surface area is 254 Å². The van der Waals surface area contributed by atoms with Gasteiger partial charge >= 0.3 is 8.80 Å². The average molecular weight is 601 g/mol. The van der Waals surface area contributed by atoms with Crippen LogP contribution in [0, 0.1) is 0 Å². The van der Waals surface area contributed by atoms with Crippen LogP contribution in [0.1, 0.15) is 123 Å². The fourth-order valence-corrected chi connectivity index (χ4v) is 8.36. The molecule has 0 N–H and O–H groups in total. The van der Waals surface area contributed by atoms with Crippen molar-refractivity contribution in [1.29, 1.82) is 0 Å². The first-order valence-corrected chi connectivity index (χ1v) is 19.6. The lowest BCUT2D eigenvalue weighted by atomic mass is 10.1. The largest absolute Gasteiger partial charge is 0.501 e. The third-order valence-corrected chi connectivity index (χ3v) is 11.7. The van der Waals surface area contributed by atoms with Crippen molar-refractivity contribution in [3.05, 3.63) is 0 Å². The predicted octanol–water partition coefficient (Wildman–Crippen LogP) is 7.29. The zero-order chi connectivity index (χ0) is 29.1. The van der Waals surface area contributed by atoms with Crippen LogP contribution in [-0.4, -0.2) is 97.9 Å². The fraction of sp³-hybridized carbons (Fsp3) is 1.00. The molecule has 7 nitrogen and oxygen atoms in total. The molecule has 3 aliphatic rings. The number of unbranched alkanes of at least 4 members (excludes halogenated alkanes) is 14. The van der Waals surface area contributed by atoms with Crippen molar-refractivity contribution in [2.24, 2.45) is 0 Å². The second-order valence-corrected chi connectivity index (χ2v) is 16.1. The van der Waals surface area contributed by atoms with Crippen LogP contribution in [-0.2, 0) is 27.5 Å². The topological polar surface area (TPSA) is 65.3 Å². The van der Waals surface area contributed by atoms with Gasteiger partial charge in [0.15, 0.2) is 0 Å². The van der Waals surface area contributed by atoms with E-state index in [1.165, 1.54) is 120 Å². The number of ether oxygens (including phenoxy) is 3. The maximum absolute atomic E-state index is 6.48. The van der Waals surface area contributed by atoms with E-state index in [2.05, 4.69) is 20.9 Å². The summed E-state index contributed by atoms with van der Waals surface area (Å²) >= 11 is 0. The Morgan fingerprint density at radius 3 is 1.17 bits per heavy atom. The highest BCUT2D eigenvalue weighted by atomic mass is 28.4. The van der Waals surface area contributed by atoms with Crippen LogP contribution in [0.15, 0.2) is 0 Å². The maximum atomic E-state index is 6.48. The molecule has 0 aromatic rings. The molecule has 0 radical (unpaired) electrons. The van der Waals surface area contributed by atoms with Crippen molar-refractivity contribution < 1.29 is 32.0 Å². The highest BCUT2D eigenvalue weighted by molar-refractivity contribution is 6.60. The molecule has 3 saturated heterocycles. The van der Waals surface area contributed by atoms with E-state index < -0.39 is 8.80 Å². The molecule has 0 spiro atoms. The minimum Gasteiger partial charge on any atom is -0.371 e. The Kier molecular flexibility index (Phi) is 18.0. The lowest BCUT2D eigenvalue weighted by Gasteiger charge is -2.36. The van der Waals surface area contributed by atoms with E-state index in [1.54, 1.807) is 0 Å². The molecule has 3 atom stereocenters. The van der Waals surface area contributed by atoms with Gasteiger partial charge in [0.25, 0.3) is 0 Å². The van der Waals surface area contributed by atoms with Crippen molar-refractivity contribution >= 4 is 8.80 Å². The highest BCUT2D eigenvalue weighted by Gasteiger charge is 2.46. The van der Waals surface area contributed by atoms with Crippen molar-refractivity contribution in [1.82, 2.24) is 0 Å². The molecule has 3 rings (SSSR count). The van der Waals surface area contributed by atoms with E-state index in [4.69, 9.17) is 27.5 Å². The number of hydrogen-bond acceptors (Lipinski definition) is 6. The lowest BCUT2D eigenvalue weighted by molar-refractivity contribution is -0.910. The zero-order valence-electron chi connectivity index (χ0n) is 27.2. The average Bonchev–Trinajstić information content (AvgIpc) is 3.82. The van der Waals surface area contributed by atoms with Gasteiger partial charge < -0.3 is 32.0 Å². The summed E-state index contributed by atoms with van der Waals surface area (Å²) in [5.74, 6) is 0. The van der Waals surface area contributed by atoms with E-state index in [9.17, 15) is 0 Å². The molecule has 0 aromatic heterocycles. The Balaban J connectivity index is 1.46. The van der Waals surface area contributed by atoms with E-state index in [-0.39, 0.29) is 18.3 Å². The summed E-state index contributed by atoms with van der Waals surface area (Å²) in [4.78, 5) is 0. The minimum absolute atomic E-state index is 0.202. The minimum atomic E-state index is -2.83. The van der Waals surface area contributed by atoms with Gasteiger partial charge in [-0.15, -0.1) is 0 Å². The Bertz CT molecular complexity index is 582. The van der Waals surface area contributed by atoms with Gasteiger partial charge in [0.2, 0.25) is 0 Å². The molecule has 242 valence electrons. The first-order valence-electron chi connectivity index (χ1n) is 17.7. The van der Waals surface area contributed by atoms with Crippen LogP contribution >= 0.6 is 0 Å². The molecule has 0 amide bonds. The summed E-state index contributed by atoms with van der Waals surface area (Å²) in [6.07, 6.45) is 23.8. The van der Waals surface area contributed by atoms with Gasteiger partial charge in [0, 0.05) is 12.5 Å². The quantitative estimate of drug-likeness (QED) is 0.0360. The molecule has 8 heteroatoms. The summed E-state index contributed by atoms with van der Waals surface area (Å²) in [6.45, 7) is 12.4. The summed E-state index contributed by atoms with van der Waals surface area (Å²) in [6, 6.07) is 0.863. The van der Waals surface area contributed by atoms with E-state index in [0.717, 1.165) is 38.8 Å². The lowest BCUT2D eigenvalue weighted by Crippen LogP contribution is -2.50. The molecular weight excluding hydrogens is 534 g/mol. The van der Waals surface area contributed by atoms with Crippen LogP contribution in [0.2, 0.25) is 6.04 Å². The number of nitrogens with zero attached hydrogens (tertiary/aromatic N) is 1. The van der Waals surface area contributed by atoms with Crippen LogP contribution in [0.3, 0.4) is 0 Å². The van der Waals surface area contributed by atoms with E-state index in [0.29, 0.717) is 19.8 Å². The fourth-order valence-electron chi connectivity index (χ4n) is 5.76. The smallest absolute Gasteiger partial charge is 0.371 e. The van der Waals surface area contributed by atoms with Crippen LogP contribution in [0.4, 0.5) is 0 Å². The van der Waals surface area contributed by atoms with Crippen LogP contribution in [0.25, 0.3) is 0 Å². The maximum Gasteiger partial charge on any atom is 0.501 e. The molecule has 3 unspecified atom stereocenters. The van der Waals surface area contributed by atoms with E-state index >= 15 is 0 Å². The Morgan fingerprint density at radius 1 is 0.512 bits per heavy atom. The molecule has 0 saturated carbocycles. The molecule has 3 heterocycles. The summed E-state index contributed by atoms with van der Waals surface area (Å²) in [7, 11) is -0.331. The van der Waals surface area contributed by atoms with E-state index in [1.807, 2.05) is 0 Å². The molecule has 0 aromatic carbocycles. The number of epoxide rings is 3. The van der Waals surface area contributed by atoms with Gasteiger partial charge in [-0.05, 0) is 25.7 Å². The van der Waals surface area contributed by atoms with Gasteiger partial charge in [-0.2, -0.15) is 0 Å². The molecule has 3 fully saturated rings. The summed E-state index contributed by atoms with van der Waals surface area (Å²) in [5, 5.41) is 0. The summed E-state index contributed by atoms with van der Waals surface area (Å²) in [5.41, 5.74) is 0. The van der Waals surface area contributed by atoms with Gasteiger partial charge in [0.1, 0.15) is 18.3 Å². The van der Waals surface area contributed by atoms with Crippen LogP contribution < -0.4 is 0 Å². The van der Waals surface area contributed by atoms with Crippen molar-refractivity contribution in [2.75, 3.05) is 66.3 Å². The van der Waals surface area contributed by atoms with Gasteiger partial charge in [-0.1, -0.05) is 90.9 Å². The third kappa shape index (κ3) is 17.7. The monoisotopic (exact) mass is 600 g/mol. The first kappa shape index (κ1) is 35.4. The standard InChI is InChI=1S/C33H66NO6Si/c1-4-6-8-10-12-14-16-18-21-34(3,22-19-17-15-13-11-9-7-5-2)23-20-24-41(38-28-31-25-35-31,39-29-32-26-36-32)40-30-33-27-37-33/h31-33H,4-30H2,1-3H3/q+1. The predicted molar refractivity (Wildman–Crippen MR) is 168 cm³/mol. The van der Waals surface area contributed by atoms with Gasteiger partial charge in [0.05, 0.1) is 66.3 Å². The van der Waals surface area contributed by atoms with Crippen molar-refractivity contribution in [3.8, 4) is 0 Å². The second kappa shape index (κ2) is 20.8. The number of hydrogen-bond donors (Lipinski definition) is 0. The molecule has 41 heavy (non-hydrogen) atoms. The zero-order valence-corrected chi connectivity index (χ0v) is 28.2. The van der Waals surface area contributed by atoms with Crippen molar-refractivity contribution in [2.45, 2.75) is 147 Å². The first-order chi connectivity index (χ1) is 20.1.